The van der Waals surface area contributed by atoms with Crippen molar-refractivity contribution < 1.29 is 9.53 Å². The van der Waals surface area contributed by atoms with E-state index in [4.69, 9.17) is 10.5 Å². The second kappa shape index (κ2) is 9.09. The predicted molar refractivity (Wildman–Crippen MR) is 117 cm³/mol. The van der Waals surface area contributed by atoms with Gasteiger partial charge in [0.05, 0.1) is 19.2 Å². The number of carbonyl (C=O) groups is 1. The monoisotopic (exact) mass is 405 g/mol. The van der Waals surface area contributed by atoms with Gasteiger partial charge in [0.25, 0.3) is 0 Å². The summed E-state index contributed by atoms with van der Waals surface area (Å²) >= 11 is 0. The minimum atomic E-state index is 0.198. The Labute approximate surface area is 176 Å². The zero-order valence-corrected chi connectivity index (χ0v) is 17.3. The molecule has 4 rings (SSSR count). The molecule has 1 fully saturated rings. The highest BCUT2D eigenvalue weighted by molar-refractivity contribution is 5.87. The highest BCUT2D eigenvalue weighted by atomic mass is 16.5. The van der Waals surface area contributed by atoms with Crippen LogP contribution >= 0.6 is 0 Å². The van der Waals surface area contributed by atoms with Crippen molar-refractivity contribution in [3.63, 3.8) is 0 Å². The minimum Gasteiger partial charge on any atom is -0.497 e. The third-order valence-corrected chi connectivity index (χ3v) is 5.53. The van der Waals surface area contributed by atoms with E-state index in [1.54, 1.807) is 7.11 Å². The molecule has 0 atom stereocenters. The number of para-hydroxylation sites is 1. The standard InChI is InChI=1S/C23H27N5O2/c1-30-18-6-4-5-17(15-18)9-10-22(29)28-13-11-27(12-14-28)16-21-25-20-8-3-2-7-19(20)23(24)26-21/h2-8,15H,9-14,16H2,1H3,(H2,24,25,26). The summed E-state index contributed by atoms with van der Waals surface area (Å²) in [5.74, 6) is 2.26. The Morgan fingerprint density at radius 3 is 2.67 bits per heavy atom. The lowest BCUT2D eigenvalue weighted by atomic mass is 10.1. The first-order valence-corrected chi connectivity index (χ1v) is 10.3. The van der Waals surface area contributed by atoms with E-state index in [1.807, 2.05) is 53.4 Å². The Hall–Kier alpha value is -3.19. The van der Waals surface area contributed by atoms with E-state index < -0.39 is 0 Å². The molecule has 2 aromatic carbocycles. The molecule has 0 spiro atoms. The largest absolute Gasteiger partial charge is 0.497 e. The molecule has 7 heteroatoms. The van der Waals surface area contributed by atoms with Crippen LogP contribution in [-0.2, 0) is 17.8 Å². The summed E-state index contributed by atoms with van der Waals surface area (Å²) in [6.07, 6.45) is 1.23. The Balaban J connectivity index is 1.29. The van der Waals surface area contributed by atoms with Gasteiger partial charge in [-0.25, -0.2) is 9.97 Å². The van der Waals surface area contributed by atoms with Crippen molar-refractivity contribution in [3.05, 3.63) is 59.9 Å². The number of anilines is 1. The predicted octanol–water partition coefficient (Wildman–Crippen LogP) is 2.50. The van der Waals surface area contributed by atoms with Gasteiger partial charge < -0.3 is 15.4 Å². The van der Waals surface area contributed by atoms with E-state index in [9.17, 15) is 4.79 Å². The Kier molecular flexibility index (Phi) is 6.09. The highest BCUT2D eigenvalue weighted by Crippen LogP contribution is 2.18. The molecule has 0 bridgehead atoms. The minimum absolute atomic E-state index is 0.198. The molecule has 3 aromatic rings. The Morgan fingerprint density at radius 1 is 1.07 bits per heavy atom. The van der Waals surface area contributed by atoms with E-state index in [2.05, 4.69) is 14.9 Å². The maximum absolute atomic E-state index is 12.6. The van der Waals surface area contributed by atoms with Crippen molar-refractivity contribution in [2.24, 2.45) is 0 Å². The number of nitrogens with zero attached hydrogens (tertiary/aromatic N) is 4. The van der Waals surface area contributed by atoms with E-state index in [1.165, 1.54) is 0 Å². The van der Waals surface area contributed by atoms with Gasteiger partial charge in [0.1, 0.15) is 17.4 Å². The lowest BCUT2D eigenvalue weighted by molar-refractivity contribution is -0.133. The highest BCUT2D eigenvalue weighted by Gasteiger charge is 2.21. The van der Waals surface area contributed by atoms with E-state index in [-0.39, 0.29) is 5.91 Å². The number of piperazine rings is 1. The average molecular weight is 406 g/mol. The van der Waals surface area contributed by atoms with Crippen LogP contribution in [0.2, 0.25) is 0 Å². The number of benzene rings is 2. The number of hydrogen-bond donors (Lipinski definition) is 1. The molecular weight excluding hydrogens is 378 g/mol. The van der Waals surface area contributed by atoms with Crippen LogP contribution in [0, 0.1) is 0 Å². The second-order valence-electron chi connectivity index (χ2n) is 7.55. The SMILES string of the molecule is COc1cccc(CCC(=O)N2CCN(Cc3nc(N)c4ccccc4n3)CC2)c1. The van der Waals surface area contributed by atoms with Crippen LogP contribution in [0.3, 0.4) is 0 Å². The van der Waals surface area contributed by atoms with Gasteiger partial charge in [0.15, 0.2) is 0 Å². The van der Waals surface area contributed by atoms with E-state index >= 15 is 0 Å². The van der Waals surface area contributed by atoms with Gasteiger partial charge in [-0.3, -0.25) is 9.69 Å². The summed E-state index contributed by atoms with van der Waals surface area (Å²) in [6, 6.07) is 15.7. The molecule has 30 heavy (non-hydrogen) atoms. The van der Waals surface area contributed by atoms with Gasteiger partial charge in [0.2, 0.25) is 5.91 Å². The number of aryl methyl sites for hydroxylation is 1. The van der Waals surface area contributed by atoms with Crippen LogP contribution < -0.4 is 10.5 Å². The lowest BCUT2D eigenvalue weighted by Crippen LogP contribution is -2.48. The quantitative estimate of drug-likeness (QED) is 0.678. The van der Waals surface area contributed by atoms with Gasteiger partial charge in [-0.15, -0.1) is 0 Å². The summed E-state index contributed by atoms with van der Waals surface area (Å²) in [5.41, 5.74) is 8.08. The zero-order valence-electron chi connectivity index (χ0n) is 17.3. The van der Waals surface area contributed by atoms with Crippen LogP contribution in [0.5, 0.6) is 5.75 Å². The summed E-state index contributed by atoms with van der Waals surface area (Å²) in [7, 11) is 1.65. The second-order valence-corrected chi connectivity index (χ2v) is 7.55. The van der Waals surface area contributed by atoms with Crippen LogP contribution in [0.25, 0.3) is 10.9 Å². The van der Waals surface area contributed by atoms with Crippen LogP contribution in [-0.4, -0.2) is 59.0 Å². The summed E-state index contributed by atoms with van der Waals surface area (Å²) < 4.78 is 5.25. The van der Waals surface area contributed by atoms with Gasteiger partial charge in [-0.2, -0.15) is 0 Å². The van der Waals surface area contributed by atoms with Crippen molar-refractivity contribution in [2.75, 3.05) is 39.0 Å². The van der Waals surface area contributed by atoms with Gasteiger partial charge in [0, 0.05) is 38.0 Å². The number of amides is 1. The fourth-order valence-corrected chi connectivity index (χ4v) is 3.81. The van der Waals surface area contributed by atoms with Gasteiger partial charge in [-0.05, 0) is 36.2 Å². The van der Waals surface area contributed by atoms with Gasteiger partial charge >= 0.3 is 0 Å². The number of methoxy groups -OCH3 is 1. The number of aromatic nitrogens is 2. The molecule has 156 valence electrons. The van der Waals surface area contributed by atoms with Crippen molar-refractivity contribution in [2.45, 2.75) is 19.4 Å². The van der Waals surface area contributed by atoms with Crippen molar-refractivity contribution in [1.29, 1.82) is 0 Å². The first kappa shape index (κ1) is 20.1. The summed E-state index contributed by atoms with van der Waals surface area (Å²) in [4.78, 5) is 25.9. The smallest absolute Gasteiger partial charge is 0.222 e. The maximum atomic E-state index is 12.6. The van der Waals surface area contributed by atoms with E-state index in [0.29, 0.717) is 18.8 Å². The Morgan fingerprint density at radius 2 is 1.87 bits per heavy atom. The zero-order chi connectivity index (χ0) is 20.9. The summed E-state index contributed by atoms with van der Waals surface area (Å²) in [6.45, 7) is 3.70. The lowest BCUT2D eigenvalue weighted by Gasteiger charge is -2.34. The molecular formula is C23H27N5O2. The molecule has 1 aliphatic rings. The summed E-state index contributed by atoms with van der Waals surface area (Å²) in [5, 5.41) is 0.882. The molecule has 2 heterocycles. The number of fused-ring (bicyclic) bond motifs is 1. The number of nitrogen functional groups attached to an aromatic ring is 1. The third-order valence-electron chi connectivity index (χ3n) is 5.53. The van der Waals surface area contributed by atoms with Crippen LogP contribution in [0.15, 0.2) is 48.5 Å². The first-order chi connectivity index (χ1) is 14.6. The third kappa shape index (κ3) is 4.68. The fourth-order valence-electron chi connectivity index (χ4n) is 3.81. The van der Waals surface area contributed by atoms with Crippen molar-refractivity contribution in [3.8, 4) is 5.75 Å². The molecule has 0 radical (unpaired) electrons. The van der Waals surface area contributed by atoms with Gasteiger partial charge in [-0.1, -0.05) is 24.3 Å². The topological polar surface area (TPSA) is 84.6 Å². The number of ether oxygens (including phenoxy) is 1. The first-order valence-electron chi connectivity index (χ1n) is 10.3. The van der Waals surface area contributed by atoms with Crippen LogP contribution in [0.4, 0.5) is 5.82 Å². The molecule has 0 unspecified atom stereocenters. The molecule has 0 aliphatic carbocycles. The number of carbonyl (C=O) groups excluding carboxylic acids is 1. The Bertz CT molecular complexity index is 1030. The molecule has 1 saturated heterocycles. The van der Waals surface area contributed by atoms with Crippen molar-refractivity contribution >= 4 is 22.6 Å². The molecule has 7 nitrogen and oxygen atoms in total. The number of rotatable bonds is 6. The van der Waals surface area contributed by atoms with E-state index in [0.717, 1.165) is 60.6 Å². The maximum Gasteiger partial charge on any atom is 0.222 e. The fraction of sp³-hybridized carbons (Fsp3) is 0.348. The number of nitrogens with two attached hydrogens (primary N) is 1. The van der Waals surface area contributed by atoms with Crippen molar-refractivity contribution in [1.82, 2.24) is 19.8 Å². The normalized spacial score (nSPS) is 14.8. The average Bonchev–Trinajstić information content (AvgIpc) is 2.78. The molecule has 2 N–H and O–H groups in total. The molecule has 1 aromatic heterocycles. The molecule has 0 saturated carbocycles. The number of hydrogen-bond acceptors (Lipinski definition) is 6. The van der Waals surface area contributed by atoms with Crippen LogP contribution in [0.1, 0.15) is 17.8 Å². The molecule has 1 amide bonds. The molecule has 1 aliphatic heterocycles.